The normalized spacial score (nSPS) is 19.0. The second-order valence-electron chi connectivity index (χ2n) is 8.20. The Bertz CT molecular complexity index is 758. The second kappa shape index (κ2) is 10.7. The summed E-state index contributed by atoms with van der Waals surface area (Å²) in [7, 11) is 2.30. The summed E-state index contributed by atoms with van der Waals surface area (Å²) in [6.45, 7) is 3.46. The van der Waals surface area contributed by atoms with Gasteiger partial charge in [0, 0.05) is 12.0 Å². The summed E-state index contributed by atoms with van der Waals surface area (Å²) >= 11 is 12.4. The minimum Gasteiger partial charge on any atom is -0.299 e. The van der Waals surface area contributed by atoms with Crippen molar-refractivity contribution in [3.8, 4) is 0 Å². The molecule has 0 aliphatic heterocycles. The van der Waals surface area contributed by atoms with Crippen LogP contribution in [0.2, 0.25) is 10.0 Å². The predicted octanol–water partition coefficient (Wildman–Crippen LogP) is 8.25. The fourth-order valence-corrected chi connectivity index (χ4v) is 4.90. The lowest BCUT2D eigenvalue weighted by Crippen LogP contribution is -2.30. The summed E-state index contributed by atoms with van der Waals surface area (Å²) in [6, 6.07) is 15.6. The van der Waals surface area contributed by atoms with Crippen LogP contribution in [0.3, 0.4) is 0 Å². The van der Waals surface area contributed by atoms with Crippen molar-refractivity contribution in [1.82, 2.24) is 4.90 Å². The summed E-state index contributed by atoms with van der Waals surface area (Å²) in [6.07, 6.45) is 10.5. The van der Waals surface area contributed by atoms with E-state index in [9.17, 15) is 0 Å². The molecule has 3 rings (SSSR count). The topological polar surface area (TPSA) is 3.24 Å². The zero-order valence-corrected chi connectivity index (χ0v) is 18.8. The van der Waals surface area contributed by atoms with Gasteiger partial charge in [0.25, 0.3) is 0 Å². The first-order valence-electron chi connectivity index (χ1n) is 10.9. The minimum absolute atomic E-state index is 0.407. The van der Waals surface area contributed by atoms with Crippen LogP contribution in [0, 0.1) is 0 Å². The molecule has 1 aliphatic carbocycles. The highest BCUT2D eigenvalue weighted by atomic mass is 35.5. The Morgan fingerprint density at radius 1 is 0.857 bits per heavy atom. The molecule has 0 fully saturated rings. The third-order valence-electron chi connectivity index (χ3n) is 6.20. The molecule has 0 saturated heterocycles. The maximum absolute atomic E-state index is 6.30. The second-order valence-corrected chi connectivity index (χ2v) is 9.01. The van der Waals surface area contributed by atoms with E-state index >= 15 is 0 Å². The van der Waals surface area contributed by atoms with E-state index in [-0.39, 0.29) is 0 Å². The van der Waals surface area contributed by atoms with Crippen LogP contribution >= 0.6 is 23.2 Å². The minimum atomic E-state index is 0.407. The van der Waals surface area contributed by atoms with Crippen molar-refractivity contribution in [3.05, 3.63) is 69.2 Å². The molecule has 152 valence electrons. The van der Waals surface area contributed by atoms with Crippen molar-refractivity contribution in [2.24, 2.45) is 0 Å². The molecule has 0 unspecified atom stereocenters. The molecule has 0 amide bonds. The summed E-state index contributed by atoms with van der Waals surface area (Å²) < 4.78 is 0. The molecule has 0 N–H and O–H groups in total. The number of fused-ring (bicyclic) bond motifs is 1. The SMILES string of the molecule is CCCCCCCCN(C)[C@H]1CC[C@@H](c2ccc(Cl)c(Cl)c2)c2ccccc21. The van der Waals surface area contributed by atoms with Crippen LogP contribution in [-0.2, 0) is 0 Å². The van der Waals surface area contributed by atoms with Gasteiger partial charge in [-0.2, -0.15) is 0 Å². The molecule has 1 aliphatic rings. The average molecular weight is 418 g/mol. The highest BCUT2D eigenvalue weighted by molar-refractivity contribution is 6.42. The Kier molecular flexibility index (Phi) is 8.26. The van der Waals surface area contributed by atoms with E-state index < -0.39 is 0 Å². The first-order chi connectivity index (χ1) is 13.6. The van der Waals surface area contributed by atoms with Crippen LogP contribution in [0.15, 0.2) is 42.5 Å². The van der Waals surface area contributed by atoms with Crippen molar-refractivity contribution in [2.45, 2.75) is 70.3 Å². The van der Waals surface area contributed by atoms with Gasteiger partial charge in [0.2, 0.25) is 0 Å². The molecular weight excluding hydrogens is 385 g/mol. The Morgan fingerprint density at radius 2 is 1.57 bits per heavy atom. The molecule has 0 aromatic heterocycles. The lowest BCUT2D eigenvalue weighted by Gasteiger charge is -2.37. The van der Waals surface area contributed by atoms with Crippen molar-refractivity contribution in [3.63, 3.8) is 0 Å². The van der Waals surface area contributed by atoms with Crippen molar-refractivity contribution >= 4 is 23.2 Å². The van der Waals surface area contributed by atoms with Gasteiger partial charge in [-0.1, -0.05) is 92.6 Å². The van der Waals surface area contributed by atoms with E-state index in [1.54, 1.807) is 0 Å². The van der Waals surface area contributed by atoms with Gasteiger partial charge in [0.15, 0.2) is 0 Å². The first kappa shape index (κ1) is 21.7. The van der Waals surface area contributed by atoms with Crippen LogP contribution in [0.5, 0.6) is 0 Å². The molecule has 1 nitrogen and oxygen atoms in total. The van der Waals surface area contributed by atoms with Gasteiger partial charge in [0.05, 0.1) is 10.0 Å². The van der Waals surface area contributed by atoms with Crippen LogP contribution < -0.4 is 0 Å². The largest absolute Gasteiger partial charge is 0.299 e. The summed E-state index contributed by atoms with van der Waals surface area (Å²) in [5, 5.41) is 1.28. The number of unbranched alkanes of at least 4 members (excludes halogenated alkanes) is 5. The number of hydrogen-bond donors (Lipinski definition) is 0. The van der Waals surface area contributed by atoms with Crippen LogP contribution in [-0.4, -0.2) is 18.5 Å². The van der Waals surface area contributed by atoms with Crippen LogP contribution in [0.25, 0.3) is 0 Å². The van der Waals surface area contributed by atoms with Gasteiger partial charge in [-0.3, -0.25) is 4.90 Å². The third kappa shape index (κ3) is 5.32. The smallest absolute Gasteiger partial charge is 0.0595 e. The molecule has 0 bridgehead atoms. The van der Waals surface area contributed by atoms with Gasteiger partial charge in [0.1, 0.15) is 0 Å². The Morgan fingerprint density at radius 3 is 2.32 bits per heavy atom. The average Bonchev–Trinajstić information content (AvgIpc) is 2.71. The Labute approximate surface area is 181 Å². The fraction of sp³-hybridized carbons (Fsp3) is 0.520. The van der Waals surface area contributed by atoms with E-state index in [0.29, 0.717) is 22.0 Å². The predicted molar refractivity (Wildman–Crippen MR) is 123 cm³/mol. The number of hydrogen-bond acceptors (Lipinski definition) is 1. The molecule has 0 radical (unpaired) electrons. The van der Waals surface area contributed by atoms with Crippen molar-refractivity contribution in [2.75, 3.05) is 13.6 Å². The number of nitrogens with zero attached hydrogens (tertiary/aromatic N) is 1. The number of rotatable bonds is 9. The molecular formula is C25H33Cl2N. The maximum atomic E-state index is 6.30. The van der Waals surface area contributed by atoms with E-state index in [0.717, 1.165) is 6.42 Å². The number of benzene rings is 2. The highest BCUT2D eigenvalue weighted by Crippen LogP contribution is 2.44. The zero-order valence-electron chi connectivity index (χ0n) is 17.3. The third-order valence-corrected chi connectivity index (χ3v) is 6.94. The standard InChI is InChI=1S/C25H33Cl2N/c1-3-4-5-6-7-10-17-28(2)25-16-14-20(21-11-8-9-12-22(21)25)19-13-15-23(26)24(27)18-19/h8-9,11-13,15,18,20,25H,3-7,10,14,16-17H2,1-2H3/t20-,25-/m0/s1. The maximum Gasteiger partial charge on any atom is 0.0595 e. The van der Waals surface area contributed by atoms with Crippen LogP contribution in [0.4, 0.5) is 0 Å². The highest BCUT2D eigenvalue weighted by Gasteiger charge is 2.30. The quantitative estimate of drug-likeness (QED) is 0.371. The number of halogens is 2. The molecule has 2 atom stereocenters. The lowest BCUT2D eigenvalue weighted by molar-refractivity contribution is 0.213. The molecule has 0 saturated carbocycles. The van der Waals surface area contributed by atoms with Gasteiger partial charge in [-0.25, -0.2) is 0 Å². The molecule has 28 heavy (non-hydrogen) atoms. The first-order valence-corrected chi connectivity index (χ1v) is 11.6. The fourth-order valence-electron chi connectivity index (χ4n) is 4.60. The van der Waals surface area contributed by atoms with Gasteiger partial charge >= 0.3 is 0 Å². The molecule has 3 heteroatoms. The summed E-state index contributed by atoms with van der Waals surface area (Å²) in [4.78, 5) is 2.57. The molecule has 0 spiro atoms. The van der Waals surface area contributed by atoms with Crippen molar-refractivity contribution < 1.29 is 0 Å². The molecule has 0 heterocycles. The van der Waals surface area contributed by atoms with E-state index in [4.69, 9.17) is 23.2 Å². The van der Waals surface area contributed by atoms with E-state index in [2.05, 4.69) is 49.2 Å². The van der Waals surface area contributed by atoms with E-state index in [1.165, 1.54) is 68.2 Å². The van der Waals surface area contributed by atoms with Crippen molar-refractivity contribution in [1.29, 1.82) is 0 Å². The van der Waals surface area contributed by atoms with Gasteiger partial charge < -0.3 is 0 Å². The van der Waals surface area contributed by atoms with E-state index in [1.807, 2.05) is 12.1 Å². The summed E-state index contributed by atoms with van der Waals surface area (Å²) in [5.74, 6) is 0.407. The monoisotopic (exact) mass is 417 g/mol. The Balaban J connectivity index is 1.69. The van der Waals surface area contributed by atoms with Gasteiger partial charge in [-0.15, -0.1) is 0 Å². The Hall–Kier alpha value is -1.02. The van der Waals surface area contributed by atoms with Crippen LogP contribution in [0.1, 0.15) is 86.9 Å². The molecule has 2 aromatic rings. The molecule has 2 aromatic carbocycles. The van der Waals surface area contributed by atoms with Gasteiger partial charge in [-0.05, 0) is 61.7 Å². The lowest BCUT2D eigenvalue weighted by atomic mass is 9.76. The zero-order chi connectivity index (χ0) is 19.9. The summed E-state index contributed by atoms with van der Waals surface area (Å²) in [5.41, 5.74) is 4.21.